The molecule has 0 bridgehead atoms. The second-order valence-corrected chi connectivity index (χ2v) is 5.14. The number of carbonyl (C=O) groups excluding carboxylic acids is 1. The molecule has 0 aromatic heterocycles. The van der Waals surface area contributed by atoms with Crippen LogP contribution in [0, 0.1) is 0 Å². The van der Waals surface area contributed by atoms with Crippen molar-refractivity contribution < 1.29 is 22.4 Å². The number of hydrogen-bond donors (Lipinski definition) is 0. The van der Waals surface area contributed by atoms with E-state index in [0.29, 0.717) is 5.19 Å². The molecule has 0 aliphatic rings. The highest BCUT2D eigenvalue weighted by Gasteiger charge is 2.41. The van der Waals surface area contributed by atoms with Crippen molar-refractivity contribution >= 4 is 20.2 Å². The maximum Gasteiger partial charge on any atom is 0.489 e. The highest BCUT2D eigenvalue weighted by molar-refractivity contribution is 6.67. The molecule has 0 amide bonds. The van der Waals surface area contributed by atoms with Crippen LogP contribution < -0.4 is 5.19 Å². The quantitative estimate of drug-likeness (QED) is 0.722. The molecule has 1 atom stereocenters. The van der Waals surface area contributed by atoms with Gasteiger partial charge in [0.15, 0.2) is 0 Å². The van der Waals surface area contributed by atoms with E-state index in [9.17, 15) is 18.0 Å². The average Bonchev–Trinajstić information content (AvgIpc) is 2.17. The monoisotopic (exact) mass is 234 g/mol. The third-order valence-electron chi connectivity index (χ3n) is 1.78. The third kappa shape index (κ3) is 3.39. The fourth-order valence-electron chi connectivity index (χ4n) is 1.02. The Morgan fingerprint density at radius 2 is 1.80 bits per heavy atom. The number of rotatable bonds is 2. The lowest BCUT2D eigenvalue weighted by atomic mass is 10.4. The van der Waals surface area contributed by atoms with Gasteiger partial charge in [-0.2, -0.15) is 13.2 Å². The first kappa shape index (κ1) is 11.8. The minimum absolute atomic E-state index is 0.662. The number of carbonyl (C=O) groups is 1. The van der Waals surface area contributed by atoms with E-state index in [0.717, 1.165) is 0 Å². The summed E-state index contributed by atoms with van der Waals surface area (Å²) in [5.41, 5.74) is 0. The molecule has 1 aromatic rings. The first-order valence-corrected chi connectivity index (χ1v) is 6.44. The Morgan fingerprint density at radius 3 is 2.27 bits per heavy atom. The van der Waals surface area contributed by atoms with E-state index in [2.05, 4.69) is 4.43 Å². The molecule has 0 fully saturated rings. The Morgan fingerprint density at radius 1 is 1.27 bits per heavy atom. The van der Waals surface area contributed by atoms with E-state index >= 15 is 0 Å². The van der Waals surface area contributed by atoms with Gasteiger partial charge in [0.1, 0.15) is 0 Å². The molecular weight excluding hydrogens is 225 g/mol. The molecule has 0 aliphatic heterocycles. The van der Waals surface area contributed by atoms with Crippen molar-refractivity contribution in [1.29, 1.82) is 0 Å². The van der Waals surface area contributed by atoms with Crippen molar-refractivity contribution in [2.24, 2.45) is 0 Å². The van der Waals surface area contributed by atoms with Gasteiger partial charge < -0.3 is 4.43 Å². The van der Waals surface area contributed by atoms with Crippen LogP contribution in [0.2, 0.25) is 6.55 Å². The molecule has 0 aliphatic carbocycles. The van der Waals surface area contributed by atoms with Gasteiger partial charge in [-0.25, -0.2) is 4.79 Å². The summed E-state index contributed by atoms with van der Waals surface area (Å²) in [6.07, 6.45) is -4.91. The SMILES string of the molecule is C[SiH](OC(=O)C(F)(F)F)c1ccccc1. The standard InChI is InChI=1S/C9H9F3O2Si/c1-15(7-5-3-2-4-6-7)14-8(13)9(10,11)12/h2-6,15H,1H3. The van der Waals surface area contributed by atoms with Gasteiger partial charge in [0.2, 0.25) is 0 Å². The first-order valence-electron chi connectivity index (χ1n) is 4.24. The van der Waals surface area contributed by atoms with Crippen LogP contribution in [-0.4, -0.2) is 21.2 Å². The van der Waals surface area contributed by atoms with Gasteiger partial charge in [-0.05, 0) is 11.7 Å². The largest absolute Gasteiger partial charge is 0.511 e. The number of alkyl halides is 3. The predicted molar refractivity (Wildman–Crippen MR) is 51.2 cm³/mol. The molecule has 1 unspecified atom stereocenters. The number of benzene rings is 1. The van der Waals surface area contributed by atoms with E-state index in [-0.39, 0.29) is 0 Å². The van der Waals surface area contributed by atoms with E-state index in [1.54, 1.807) is 30.3 Å². The van der Waals surface area contributed by atoms with Gasteiger partial charge in [0, 0.05) is 0 Å². The van der Waals surface area contributed by atoms with Crippen molar-refractivity contribution in [3.63, 3.8) is 0 Å². The van der Waals surface area contributed by atoms with Crippen LogP contribution in [0.3, 0.4) is 0 Å². The Balaban J connectivity index is 2.65. The van der Waals surface area contributed by atoms with Gasteiger partial charge in [0.25, 0.3) is 9.04 Å². The van der Waals surface area contributed by atoms with Crippen molar-refractivity contribution in [3.8, 4) is 0 Å². The maximum absolute atomic E-state index is 11.9. The summed E-state index contributed by atoms with van der Waals surface area (Å²) < 4.78 is 40.0. The van der Waals surface area contributed by atoms with Crippen LogP contribution in [0.5, 0.6) is 0 Å². The Hall–Kier alpha value is -1.30. The normalized spacial score (nSPS) is 13.3. The van der Waals surface area contributed by atoms with E-state index in [1.165, 1.54) is 6.55 Å². The zero-order chi connectivity index (χ0) is 11.5. The van der Waals surface area contributed by atoms with Gasteiger partial charge in [-0.1, -0.05) is 30.3 Å². The summed E-state index contributed by atoms with van der Waals surface area (Å²) in [7, 11) is -2.29. The summed E-state index contributed by atoms with van der Waals surface area (Å²) in [4.78, 5) is 10.5. The van der Waals surface area contributed by atoms with Gasteiger partial charge in [0.05, 0.1) is 0 Å². The fraction of sp³-hybridized carbons (Fsp3) is 0.222. The van der Waals surface area contributed by atoms with Crippen molar-refractivity contribution in [3.05, 3.63) is 30.3 Å². The molecular formula is C9H9F3O2Si. The molecule has 1 aromatic carbocycles. The molecule has 15 heavy (non-hydrogen) atoms. The molecule has 1 rings (SSSR count). The maximum atomic E-state index is 11.9. The summed E-state index contributed by atoms with van der Waals surface area (Å²) in [6.45, 7) is 1.53. The molecule has 0 heterocycles. The highest BCUT2D eigenvalue weighted by Crippen LogP contribution is 2.16. The van der Waals surface area contributed by atoms with Crippen molar-refractivity contribution in [2.75, 3.05) is 0 Å². The minimum Gasteiger partial charge on any atom is -0.511 e. The summed E-state index contributed by atoms with van der Waals surface area (Å²) >= 11 is 0. The van der Waals surface area contributed by atoms with Crippen LogP contribution in [0.15, 0.2) is 30.3 Å². The van der Waals surface area contributed by atoms with Crippen molar-refractivity contribution in [1.82, 2.24) is 0 Å². The van der Waals surface area contributed by atoms with E-state index < -0.39 is 21.2 Å². The first-order chi connectivity index (χ1) is 6.91. The smallest absolute Gasteiger partial charge is 0.489 e. The highest BCUT2D eigenvalue weighted by atomic mass is 28.3. The van der Waals surface area contributed by atoms with E-state index in [4.69, 9.17) is 0 Å². The predicted octanol–water partition coefficient (Wildman–Crippen LogP) is 1.35. The summed E-state index contributed by atoms with van der Waals surface area (Å²) in [6, 6.07) is 8.44. The van der Waals surface area contributed by atoms with Gasteiger partial charge in [-0.3, -0.25) is 0 Å². The average molecular weight is 234 g/mol. The summed E-state index contributed by atoms with van der Waals surface area (Å²) in [5.74, 6) is -2.11. The Labute approximate surface area is 86.4 Å². The second-order valence-electron chi connectivity index (χ2n) is 2.96. The number of hydrogen-bond acceptors (Lipinski definition) is 2. The molecule has 0 spiro atoms. The Kier molecular flexibility index (Phi) is 3.51. The van der Waals surface area contributed by atoms with E-state index in [1.807, 2.05) is 0 Å². The third-order valence-corrected chi connectivity index (χ3v) is 3.68. The lowest BCUT2D eigenvalue weighted by molar-refractivity contribution is -0.190. The van der Waals surface area contributed by atoms with Crippen LogP contribution in [0.25, 0.3) is 0 Å². The molecule has 2 nitrogen and oxygen atoms in total. The van der Waals surface area contributed by atoms with Gasteiger partial charge >= 0.3 is 12.1 Å². The topological polar surface area (TPSA) is 26.3 Å². The fourth-order valence-corrected chi connectivity index (χ4v) is 2.37. The lowest BCUT2D eigenvalue weighted by Crippen LogP contribution is -2.37. The number of halogens is 3. The van der Waals surface area contributed by atoms with Crippen LogP contribution in [0.1, 0.15) is 0 Å². The molecule has 6 heteroatoms. The minimum atomic E-state index is -4.91. The lowest BCUT2D eigenvalue weighted by Gasteiger charge is -2.13. The second kappa shape index (κ2) is 4.48. The van der Waals surface area contributed by atoms with Crippen molar-refractivity contribution in [2.45, 2.75) is 12.7 Å². The van der Waals surface area contributed by atoms with Crippen LogP contribution in [0.4, 0.5) is 13.2 Å². The van der Waals surface area contributed by atoms with Gasteiger partial charge in [-0.15, -0.1) is 0 Å². The zero-order valence-electron chi connectivity index (χ0n) is 7.91. The van der Waals surface area contributed by atoms with Crippen LogP contribution in [-0.2, 0) is 9.22 Å². The summed E-state index contributed by atoms with van der Waals surface area (Å²) in [5, 5.41) is 0.662. The Bertz CT molecular complexity index is 337. The van der Waals surface area contributed by atoms with Crippen LogP contribution >= 0.6 is 0 Å². The molecule has 82 valence electrons. The molecule has 0 radical (unpaired) electrons. The molecule has 0 saturated heterocycles. The molecule has 0 N–H and O–H groups in total. The zero-order valence-corrected chi connectivity index (χ0v) is 9.07. The molecule has 0 saturated carbocycles.